The van der Waals surface area contributed by atoms with Gasteiger partial charge in [-0.05, 0) is 107 Å². The standard InChI is InChI=1S/C39H59NO4S2/c1-26(2)32-22-34(27(3)4)38(35(23-32)28(5)6)45(41,42)40-46(43,44)39-36(30-18-12-8-13-19-30)24-33(29-16-10-7-11-17-29)25-37(39)31-20-14-9-15-21-31/h22-31,40H,7-21H2,1-6H3. The fraction of sp³-hybridized carbons (Fsp3) is 0.692. The van der Waals surface area contributed by atoms with Crippen LogP contribution in [-0.2, 0) is 20.0 Å². The molecule has 3 aliphatic rings. The van der Waals surface area contributed by atoms with Crippen molar-refractivity contribution in [2.24, 2.45) is 0 Å². The molecule has 256 valence electrons. The zero-order valence-corrected chi connectivity index (χ0v) is 31.0. The maximum absolute atomic E-state index is 14.9. The fourth-order valence-electron chi connectivity index (χ4n) is 8.54. The zero-order chi connectivity index (χ0) is 33.2. The second-order valence-electron chi connectivity index (χ2n) is 15.6. The van der Waals surface area contributed by atoms with Crippen molar-refractivity contribution in [1.82, 2.24) is 4.13 Å². The maximum Gasteiger partial charge on any atom is 0.254 e. The van der Waals surface area contributed by atoms with Gasteiger partial charge in [0.1, 0.15) is 0 Å². The van der Waals surface area contributed by atoms with Crippen LogP contribution in [0.25, 0.3) is 0 Å². The van der Waals surface area contributed by atoms with Crippen molar-refractivity contribution in [3.8, 4) is 0 Å². The van der Waals surface area contributed by atoms with Crippen molar-refractivity contribution in [2.45, 2.75) is 183 Å². The predicted octanol–water partition coefficient (Wildman–Crippen LogP) is 10.9. The maximum atomic E-state index is 14.9. The van der Waals surface area contributed by atoms with Crippen LogP contribution in [0.2, 0.25) is 0 Å². The quantitative estimate of drug-likeness (QED) is 0.273. The molecule has 0 aliphatic heterocycles. The minimum atomic E-state index is -4.42. The van der Waals surface area contributed by atoms with Crippen LogP contribution in [-0.4, -0.2) is 16.8 Å². The van der Waals surface area contributed by atoms with Gasteiger partial charge in [-0.3, -0.25) is 0 Å². The van der Waals surface area contributed by atoms with Gasteiger partial charge in [0.2, 0.25) is 0 Å². The van der Waals surface area contributed by atoms with E-state index in [0.29, 0.717) is 17.0 Å². The third-order valence-electron chi connectivity index (χ3n) is 11.2. The molecule has 46 heavy (non-hydrogen) atoms. The molecule has 0 aromatic heterocycles. The van der Waals surface area contributed by atoms with Crippen molar-refractivity contribution in [1.29, 1.82) is 0 Å². The fourth-order valence-corrected chi connectivity index (χ4v) is 12.6. The van der Waals surface area contributed by atoms with Crippen LogP contribution in [0, 0.1) is 0 Å². The lowest BCUT2D eigenvalue weighted by molar-refractivity contribution is 0.419. The molecule has 0 amide bonds. The van der Waals surface area contributed by atoms with E-state index in [1.807, 2.05) is 39.8 Å². The lowest BCUT2D eigenvalue weighted by atomic mass is 9.76. The monoisotopic (exact) mass is 669 g/mol. The molecule has 5 rings (SSSR count). The van der Waals surface area contributed by atoms with Crippen LogP contribution in [0.4, 0.5) is 0 Å². The molecule has 0 unspecified atom stereocenters. The molecule has 0 spiro atoms. The van der Waals surface area contributed by atoms with Crippen molar-refractivity contribution < 1.29 is 16.8 Å². The molecule has 3 fully saturated rings. The first-order chi connectivity index (χ1) is 21.8. The number of hydrogen-bond acceptors (Lipinski definition) is 4. The average Bonchev–Trinajstić information content (AvgIpc) is 3.04. The van der Waals surface area contributed by atoms with Gasteiger partial charge in [-0.1, -0.05) is 124 Å². The van der Waals surface area contributed by atoms with Crippen molar-refractivity contribution >= 4 is 20.0 Å². The smallest absolute Gasteiger partial charge is 0.206 e. The van der Waals surface area contributed by atoms with Crippen LogP contribution in [0.15, 0.2) is 34.1 Å². The Morgan fingerprint density at radius 3 is 1.24 bits per heavy atom. The van der Waals surface area contributed by atoms with E-state index < -0.39 is 20.0 Å². The first kappa shape index (κ1) is 35.6. The molecule has 3 saturated carbocycles. The highest BCUT2D eigenvalue weighted by molar-refractivity contribution is 8.04. The SMILES string of the molecule is CC(C)c1cc(C(C)C)c(S(=O)(=O)NS(=O)(=O)c2c(C3CCCCC3)cc(C3CCCCC3)cc2C2CCCCC2)c(C(C)C)c1. The molecule has 0 heterocycles. The summed E-state index contributed by atoms with van der Waals surface area (Å²) in [5, 5.41) is 0. The Balaban J connectivity index is 1.70. The Morgan fingerprint density at radius 1 is 0.500 bits per heavy atom. The Morgan fingerprint density at radius 2 is 0.870 bits per heavy atom. The Kier molecular flexibility index (Phi) is 11.5. The normalized spacial score (nSPS) is 19.8. The topological polar surface area (TPSA) is 80.3 Å². The van der Waals surface area contributed by atoms with Crippen LogP contribution in [0.5, 0.6) is 0 Å². The Hall–Kier alpha value is -1.70. The molecular formula is C39H59NO4S2. The van der Waals surface area contributed by atoms with Gasteiger partial charge in [-0.15, -0.1) is 4.13 Å². The first-order valence-electron chi connectivity index (χ1n) is 18.4. The highest BCUT2D eigenvalue weighted by Gasteiger charge is 2.37. The molecule has 0 atom stereocenters. The lowest BCUT2D eigenvalue weighted by Gasteiger charge is -2.32. The van der Waals surface area contributed by atoms with E-state index in [4.69, 9.17) is 0 Å². The van der Waals surface area contributed by atoms with Gasteiger partial charge >= 0.3 is 0 Å². The van der Waals surface area contributed by atoms with Gasteiger partial charge in [-0.2, -0.15) is 0 Å². The van der Waals surface area contributed by atoms with Gasteiger partial charge in [0.15, 0.2) is 0 Å². The Labute approximate surface area is 280 Å². The molecule has 0 bridgehead atoms. The van der Waals surface area contributed by atoms with Crippen molar-refractivity contribution in [3.63, 3.8) is 0 Å². The number of sulfonamides is 2. The summed E-state index contributed by atoms with van der Waals surface area (Å²) >= 11 is 0. The molecule has 5 nitrogen and oxygen atoms in total. The molecule has 3 aliphatic carbocycles. The largest absolute Gasteiger partial charge is 0.254 e. The minimum absolute atomic E-state index is 0.0872. The second-order valence-corrected chi connectivity index (χ2v) is 19.1. The molecule has 2 aromatic carbocycles. The molecule has 7 heteroatoms. The van der Waals surface area contributed by atoms with Gasteiger partial charge < -0.3 is 0 Å². The summed E-state index contributed by atoms with van der Waals surface area (Å²) in [5.41, 5.74) is 5.50. The average molecular weight is 670 g/mol. The van der Waals surface area contributed by atoms with Crippen LogP contribution in [0.3, 0.4) is 0 Å². The lowest BCUT2D eigenvalue weighted by Crippen LogP contribution is -2.34. The van der Waals surface area contributed by atoms with Gasteiger partial charge in [0.25, 0.3) is 20.0 Å². The minimum Gasteiger partial charge on any atom is -0.206 e. The van der Waals surface area contributed by atoms with E-state index >= 15 is 0 Å². The Bertz CT molecular complexity index is 1500. The number of hydrogen-bond donors (Lipinski definition) is 1. The van der Waals surface area contributed by atoms with Gasteiger partial charge in [-0.25, -0.2) is 16.8 Å². The number of rotatable bonds is 10. The first-order valence-corrected chi connectivity index (χ1v) is 21.4. The summed E-state index contributed by atoms with van der Waals surface area (Å²) in [6, 6.07) is 8.36. The van der Waals surface area contributed by atoms with E-state index in [-0.39, 0.29) is 39.4 Å². The van der Waals surface area contributed by atoms with Gasteiger partial charge in [0, 0.05) is 0 Å². The van der Waals surface area contributed by atoms with Crippen LogP contribution >= 0.6 is 0 Å². The van der Waals surface area contributed by atoms with Crippen molar-refractivity contribution in [2.75, 3.05) is 0 Å². The summed E-state index contributed by atoms with van der Waals surface area (Å²) in [6.45, 7) is 12.2. The number of benzene rings is 2. The zero-order valence-electron chi connectivity index (χ0n) is 29.3. The van der Waals surface area contributed by atoms with E-state index in [9.17, 15) is 16.8 Å². The van der Waals surface area contributed by atoms with Crippen LogP contribution in [0.1, 0.15) is 207 Å². The highest BCUT2D eigenvalue weighted by atomic mass is 32.3. The van der Waals surface area contributed by atoms with Gasteiger partial charge in [0.05, 0.1) is 9.79 Å². The molecule has 2 aromatic rings. The second kappa shape index (κ2) is 14.8. The molecule has 1 N–H and O–H groups in total. The summed E-state index contributed by atoms with van der Waals surface area (Å²) in [7, 11) is -8.85. The van der Waals surface area contributed by atoms with E-state index in [1.54, 1.807) is 0 Å². The highest BCUT2D eigenvalue weighted by Crippen LogP contribution is 2.46. The molecular weight excluding hydrogens is 611 g/mol. The van der Waals surface area contributed by atoms with Crippen molar-refractivity contribution in [3.05, 3.63) is 57.6 Å². The predicted molar refractivity (Wildman–Crippen MR) is 190 cm³/mol. The van der Waals surface area contributed by atoms with Crippen LogP contribution < -0.4 is 4.13 Å². The van der Waals surface area contributed by atoms with E-state index in [2.05, 4.69) is 30.1 Å². The third kappa shape index (κ3) is 7.78. The van der Waals surface area contributed by atoms with E-state index in [1.165, 1.54) is 37.7 Å². The molecule has 0 saturated heterocycles. The summed E-state index contributed by atoms with van der Waals surface area (Å²) in [5.74, 6) is 0.774. The summed E-state index contributed by atoms with van der Waals surface area (Å²) in [4.78, 5) is 0.424. The summed E-state index contributed by atoms with van der Waals surface area (Å²) < 4.78 is 61.3. The summed E-state index contributed by atoms with van der Waals surface area (Å²) in [6.07, 6.45) is 16.5. The molecule has 0 radical (unpaired) electrons. The third-order valence-corrected chi connectivity index (χ3v) is 14.9. The van der Waals surface area contributed by atoms with E-state index in [0.717, 1.165) is 80.9 Å². The number of nitrogens with one attached hydrogen (secondary N) is 1.